The number of ether oxygens (including phenoxy) is 2. The summed E-state index contributed by atoms with van der Waals surface area (Å²) in [5.74, 6) is 6.10. The number of amides is 1. The number of hydrogen-bond acceptors (Lipinski definition) is 6. The minimum atomic E-state index is -0.689. The molecule has 1 heterocycles. The maximum atomic E-state index is 14.3. The number of carbonyl (C=O) groups excluding carboxylic acids is 1. The molecule has 174 valence electrons. The van der Waals surface area contributed by atoms with Crippen molar-refractivity contribution in [3.8, 4) is 11.5 Å². The molecule has 3 aromatic carbocycles. The Labute approximate surface area is 196 Å². The van der Waals surface area contributed by atoms with Gasteiger partial charge in [0, 0.05) is 24.7 Å². The third-order valence-corrected chi connectivity index (χ3v) is 5.56. The van der Waals surface area contributed by atoms with Gasteiger partial charge in [0.05, 0.1) is 19.8 Å². The van der Waals surface area contributed by atoms with E-state index in [0.717, 1.165) is 22.6 Å². The van der Waals surface area contributed by atoms with Gasteiger partial charge in [0.2, 0.25) is 0 Å². The Hall–Kier alpha value is -4.17. The van der Waals surface area contributed by atoms with Crippen molar-refractivity contribution in [2.45, 2.75) is 13.1 Å². The van der Waals surface area contributed by atoms with Crippen LogP contribution in [-0.4, -0.2) is 25.1 Å². The molecule has 0 aliphatic heterocycles. The average molecular weight is 461 g/mol. The number of benzene rings is 3. The molecule has 0 saturated heterocycles. The maximum Gasteiger partial charge on any atom is 0.268 e. The molecule has 1 aromatic heterocycles. The van der Waals surface area contributed by atoms with Gasteiger partial charge in [-0.1, -0.05) is 24.3 Å². The first-order chi connectivity index (χ1) is 16.5. The third-order valence-electron chi connectivity index (χ3n) is 5.56. The molecule has 0 bridgehead atoms. The predicted molar refractivity (Wildman–Crippen MR) is 129 cm³/mol. The first-order valence-electron chi connectivity index (χ1n) is 10.6. The minimum absolute atomic E-state index is 0.121. The van der Waals surface area contributed by atoms with Crippen LogP contribution in [0, 0.1) is 5.82 Å². The van der Waals surface area contributed by atoms with Crippen LogP contribution < -0.4 is 25.6 Å². The largest absolute Gasteiger partial charge is 0.497 e. The number of carbonyl (C=O) groups is 1. The fraction of sp³-hybridized carbons (Fsp3) is 0.154. The Morgan fingerprint density at radius 3 is 1.97 bits per heavy atom. The van der Waals surface area contributed by atoms with E-state index in [1.807, 2.05) is 60.0 Å². The van der Waals surface area contributed by atoms with Crippen molar-refractivity contribution in [2.75, 3.05) is 19.1 Å². The number of halogens is 1. The van der Waals surface area contributed by atoms with Crippen LogP contribution in [0.4, 0.5) is 10.2 Å². The summed E-state index contributed by atoms with van der Waals surface area (Å²) in [5.41, 5.74) is 4.00. The fourth-order valence-corrected chi connectivity index (χ4v) is 3.70. The number of anilines is 1. The highest BCUT2D eigenvalue weighted by Crippen LogP contribution is 2.26. The van der Waals surface area contributed by atoms with E-state index in [2.05, 4.69) is 9.88 Å². The molecule has 4 aromatic rings. The number of nitrogen functional groups attached to an aromatic ring is 1. The molecule has 0 spiro atoms. The van der Waals surface area contributed by atoms with Gasteiger partial charge in [0.1, 0.15) is 23.1 Å². The van der Waals surface area contributed by atoms with Crippen molar-refractivity contribution in [3.05, 3.63) is 95.4 Å². The Balaban J connectivity index is 1.72. The van der Waals surface area contributed by atoms with Gasteiger partial charge in [-0.3, -0.25) is 10.2 Å². The van der Waals surface area contributed by atoms with Crippen molar-refractivity contribution >= 4 is 22.5 Å². The Kier molecular flexibility index (Phi) is 6.89. The molecule has 0 aliphatic rings. The summed E-state index contributed by atoms with van der Waals surface area (Å²) in [5, 5.41) is 1.27. The zero-order valence-corrected chi connectivity index (χ0v) is 18.9. The van der Waals surface area contributed by atoms with Crippen molar-refractivity contribution in [1.82, 2.24) is 10.4 Å². The van der Waals surface area contributed by atoms with Crippen LogP contribution in [0.5, 0.6) is 11.5 Å². The molecule has 34 heavy (non-hydrogen) atoms. The van der Waals surface area contributed by atoms with Gasteiger partial charge in [-0.15, -0.1) is 0 Å². The Morgan fingerprint density at radius 2 is 1.47 bits per heavy atom. The second kappa shape index (κ2) is 10.2. The van der Waals surface area contributed by atoms with Crippen LogP contribution in [0.25, 0.3) is 10.8 Å². The lowest BCUT2D eigenvalue weighted by Gasteiger charge is -2.25. The number of nitrogens with one attached hydrogen (secondary N) is 1. The molecule has 3 N–H and O–H groups in total. The molecular formula is C26H25FN4O3. The van der Waals surface area contributed by atoms with Crippen LogP contribution >= 0.6 is 0 Å². The van der Waals surface area contributed by atoms with Gasteiger partial charge in [-0.2, -0.15) is 0 Å². The standard InChI is InChI=1S/C26H25FN4O3/c1-33-21-7-3-17(4-8-21)15-31(16-18-5-9-22(34-2)10-6-18)25-13-19-11-23(26(32)30-28)24(27)12-20(19)14-29-25/h3-14H,15-16,28H2,1-2H3,(H,30,32). The molecule has 0 aliphatic carbocycles. The number of methoxy groups -OCH3 is 2. The fourth-order valence-electron chi connectivity index (χ4n) is 3.70. The van der Waals surface area contributed by atoms with Crippen molar-refractivity contribution in [2.24, 2.45) is 5.84 Å². The van der Waals surface area contributed by atoms with Crippen LogP contribution in [-0.2, 0) is 13.1 Å². The highest BCUT2D eigenvalue weighted by atomic mass is 19.1. The quantitative estimate of drug-likeness (QED) is 0.233. The number of nitrogens with two attached hydrogens (primary N) is 1. The smallest absolute Gasteiger partial charge is 0.268 e. The lowest BCUT2D eigenvalue weighted by molar-refractivity contribution is 0.0950. The summed E-state index contributed by atoms with van der Waals surface area (Å²) in [7, 11) is 3.26. The highest BCUT2D eigenvalue weighted by molar-refractivity contribution is 5.98. The van der Waals surface area contributed by atoms with E-state index in [1.54, 1.807) is 20.4 Å². The number of rotatable bonds is 8. The SMILES string of the molecule is COc1ccc(CN(Cc2ccc(OC)cc2)c2cc3cc(C(=O)NN)c(F)cc3cn2)cc1. The normalized spacial score (nSPS) is 10.7. The molecule has 8 heteroatoms. The first kappa shape index (κ1) is 23.0. The van der Waals surface area contributed by atoms with Crippen LogP contribution in [0.1, 0.15) is 21.5 Å². The van der Waals surface area contributed by atoms with Gasteiger partial charge in [-0.05, 0) is 59.0 Å². The number of fused-ring (bicyclic) bond motifs is 1. The Bertz CT molecular complexity index is 1240. The van der Waals surface area contributed by atoms with E-state index >= 15 is 0 Å². The van der Waals surface area contributed by atoms with Gasteiger partial charge in [0.25, 0.3) is 5.91 Å². The van der Waals surface area contributed by atoms with Crippen LogP contribution in [0.3, 0.4) is 0 Å². The zero-order valence-electron chi connectivity index (χ0n) is 18.9. The number of aromatic nitrogens is 1. The van der Waals surface area contributed by atoms with Crippen LogP contribution in [0.2, 0.25) is 0 Å². The van der Waals surface area contributed by atoms with E-state index in [0.29, 0.717) is 29.7 Å². The monoisotopic (exact) mass is 460 g/mol. The summed E-state index contributed by atoms with van der Waals surface area (Å²) in [6.45, 7) is 1.15. The van der Waals surface area contributed by atoms with Gasteiger partial charge >= 0.3 is 0 Å². The molecular weight excluding hydrogens is 435 g/mol. The number of pyridine rings is 1. The second-order valence-electron chi connectivity index (χ2n) is 7.75. The molecule has 0 unspecified atom stereocenters. The summed E-state index contributed by atoms with van der Waals surface area (Å²) in [4.78, 5) is 18.7. The molecule has 4 rings (SSSR count). The Morgan fingerprint density at radius 1 is 0.912 bits per heavy atom. The predicted octanol–water partition coefficient (Wildman–Crippen LogP) is 4.20. The summed E-state index contributed by atoms with van der Waals surface area (Å²) in [6, 6.07) is 20.3. The molecule has 0 saturated carbocycles. The van der Waals surface area contributed by atoms with E-state index in [-0.39, 0.29) is 5.56 Å². The third kappa shape index (κ3) is 5.07. The number of hydrazine groups is 1. The van der Waals surface area contributed by atoms with Gasteiger partial charge in [0.15, 0.2) is 0 Å². The maximum absolute atomic E-state index is 14.3. The lowest BCUT2D eigenvalue weighted by Crippen LogP contribution is -2.30. The average Bonchev–Trinajstić information content (AvgIpc) is 2.88. The second-order valence-corrected chi connectivity index (χ2v) is 7.75. The zero-order chi connectivity index (χ0) is 24.1. The molecule has 7 nitrogen and oxygen atoms in total. The summed E-state index contributed by atoms with van der Waals surface area (Å²) in [6.07, 6.45) is 1.60. The van der Waals surface area contributed by atoms with Crippen molar-refractivity contribution in [3.63, 3.8) is 0 Å². The van der Waals surface area contributed by atoms with Gasteiger partial charge in [-0.25, -0.2) is 15.2 Å². The lowest BCUT2D eigenvalue weighted by atomic mass is 10.1. The van der Waals surface area contributed by atoms with Crippen molar-refractivity contribution < 1.29 is 18.7 Å². The van der Waals surface area contributed by atoms with E-state index in [9.17, 15) is 9.18 Å². The number of hydrogen-bond donors (Lipinski definition) is 2. The molecule has 1 amide bonds. The highest BCUT2D eigenvalue weighted by Gasteiger charge is 2.15. The topological polar surface area (TPSA) is 89.7 Å². The van der Waals surface area contributed by atoms with E-state index < -0.39 is 11.7 Å². The molecule has 0 fully saturated rings. The summed E-state index contributed by atoms with van der Waals surface area (Å²) < 4.78 is 24.9. The van der Waals surface area contributed by atoms with E-state index in [4.69, 9.17) is 15.3 Å². The molecule has 0 radical (unpaired) electrons. The van der Waals surface area contributed by atoms with Crippen LogP contribution in [0.15, 0.2) is 72.9 Å². The van der Waals surface area contributed by atoms with Crippen molar-refractivity contribution in [1.29, 1.82) is 0 Å². The van der Waals surface area contributed by atoms with E-state index in [1.165, 1.54) is 12.1 Å². The summed E-state index contributed by atoms with van der Waals surface area (Å²) >= 11 is 0. The van der Waals surface area contributed by atoms with Gasteiger partial charge < -0.3 is 14.4 Å². The first-order valence-corrected chi connectivity index (χ1v) is 10.6. The molecule has 0 atom stereocenters. The number of nitrogens with zero attached hydrogens (tertiary/aromatic N) is 2. The minimum Gasteiger partial charge on any atom is -0.497 e.